The molecular formula is C14H13ClN6O. The monoisotopic (exact) mass is 316 g/mol. The molecule has 1 aromatic carbocycles. The molecule has 1 fully saturated rings. The normalized spacial score (nSPS) is 18.0. The van der Waals surface area contributed by atoms with E-state index in [1.54, 1.807) is 0 Å². The molecule has 7 nitrogen and oxygen atoms in total. The molecule has 4 rings (SSSR count). The molecule has 8 heteroatoms. The summed E-state index contributed by atoms with van der Waals surface area (Å²) in [5.41, 5.74) is 0.634. The maximum atomic E-state index is 5.98. The first-order chi connectivity index (χ1) is 10.8. The lowest BCUT2D eigenvalue weighted by Gasteiger charge is -2.17. The summed E-state index contributed by atoms with van der Waals surface area (Å²) in [6, 6.07) is 11.2. The van der Waals surface area contributed by atoms with E-state index in [1.165, 1.54) is 4.63 Å². The van der Waals surface area contributed by atoms with Gasteiger partial charge in [0.25, 0.3) is 0 Å². The van der Waals surface area contributed by atoms with E-state index in [0.717, 1.165) is 31.1 Å². The second-order valence-electron chi connectivity index (χ2n) is 5.15. The highest BCUT2D eigenvalue weighted by Gasteiger charge is 2.25. The van der Waals surface area contributed by atoms with Gasteiger partial charge in [-0.15, -0.1) is 14.8 Å². The number of fused-ring (bicyclic) bond motifs is 1. The molecule has 112 valence electrons. The van der Waals surface area contributed by atoms with E-state index < -0.39 is 0 Å². The smallest absolute Gasteiger partial charge is 0.200 e. The van der Waals surface area contributed by atoms with E-state index in [4.69, 9.17) is 16.3 Å². The summed E-state index contributed by atoms with van der Waals surface area (Å²) in [4.78, 5) is 2.16. The maximum absolute atomic E-state index is 5.98. The number of benzene rings is 1. The van der Waals surface area contributed by atoms with E-state index in [-0.39, 0.29) is 6.10 Å². The SMILES string of the molecule is Clc1cccc(OC2CCN(c3ccc4nnnn4n3)C2)c1. The fourth-order valence-corrected chi connectivity index (χ4v) is 2.75. The van der Waals surface area contributed by atoms with E-state index >= 15 is 0 Å². The standard InChI is InChI=1S/C14H13ClN6O/c15-10-2-1-3-11(8-10)22-12-6-7-20(9-12)14-5-4-13-16-18-19-21(13)17-14/h1-5,8,12H,6-7,9H2. The average Bonchev–Trinajstić information content (AvgIpc) is 3.15. The van der Waals surface area contributed by atoms with E-state index in [0.29, 0.717) is 10.7 Å². The van der Waals surface area contributed by atoms with Crippen molar-refractivity contribution in [3.05, 3.63) is 41.4 Å². The first-order valence-corrected chi connectivity index (χ1v) is 7.38. The van der Waals surface area contributed by atoms with Gasteiger partial charge >= 0.3 is 0 Å². The third kappa shape index (κ3) is 2.55. The molecule has 0 amide bonds. The zero-order valence-corrected chi connectivity index (χ0v) is 12.4. The molecule has 1 saturated heterocycles. The summed E-state index contributed by atoms with van der Waals surface area (Å²) in [5, 5.41) is 16.3. The topological polar surface area (TPSA) is 68.4 Å². The minimum Gasteiger partial charge on any atom is -0.488 e. The molecule has 2 aromatic heterocycles. The molecule has 3 heterocycles. The molecule has 1 aliphatic heterocycles. The van der Waals surface area contributed by atoms with Crippen LogP contribution in [0.1, 0.15) is 6.42 Å². The van der Waals surface area contributed by atoms with Gasteiger partial charge in [-0.25, -0.2) is 0 Å². The van der Waals surface area contributed by atoms with Crippen molar-refractivity contribution in [3.8, 4) is 5.75 Å². The highest BCUT2D eigenvalue weighted by molar-refractivity contribution is 6.30. The quantitative estimate of drug-likeness (QED) is 0.734. The Labute approximate surface area is 131 Å². The van der Waals surface area contributed by atoms with Crippen LogP contribution in [-0.4, -0.2) is 44.4 Å². The minimum absolute atomic E-state index is 0.116. The molecule has 1 atom stereocenters. The minimum atomic E-state index is 0.116. The Bertz CT molecular complexity index is 807. The van der Waals surface area contributed by atoms with Crippen LogP contribution in [0.15, 0.2) is 36.4 Å². The van der Waals surface area contributed by atoms with Crippen LogP contribution >= 0.6 is 11.6 Å². The summed E-state index contributed by atoms with van der Waals surface area (Å²) in [7, 11) is 0. The predicted octanol–water partition coefficient (Wildman–Crippen LogP) is 1.83. The van der Waals surface area contributed by atoms with Crippen molar-refractivity contribution in [2.24, 2.45) is 0 Å². The summed E-state index contributed by atoms with van der Waals surface area (Å²) in [6.07, 6.45) is 1.05. The highest BCUT2D eigenvalue weighted by atomic mass is 35.5. The van der Waals surface area contributed by atoms with Crippen molar-refractivity contribution in [3.63, 3.8) is 0 Å². The number of hydrogen-bond acceptors (Lipinski definition) is 6. The van der Waals surface area contributed by atoms with Crippen molar-refractivity contribution in [1.82, 2.24) is 25.3 Å². The van der Waals surface area contributed by atoms with Gasteiger partial charge in [-0.2, -0.15) is 0 Å². The van der Waals surface area contributed by atoms with Gasteiger partial charge in [-0.1, -0.05) is 17.7 Å². The molecule has 0 saturated carbocycles. The Kier molecular flexibility index (Phi) is 3.27. The molecule has 0 N–H and O–H groups in total. The fourth-order valence-electron chi connectivity index (χ4n) is 2.57. The van der Waals surface area contributed by atoms with Gasteiger partial charge in [0.1, 0.15) is 11.9 Å². The predicted molar refractivity (Wildman–Crippen MR) is 81.3 cm³/mol. The summed E-state index contributed by atoms with van der Waals surface area (Å²) in [6.45, 7) is 1.65. The number of ether oxygens (including phenoxy) is 1. The number of hydrogen-bond donors (Lipinski definition) is 0. The van der Waals surface area contributed by atoms with Crippen molar-refractivity contribution >= 4 is 23.1 Å². The number of halogens is 1. The van der Waals surface area contributed by atoms with Gasteiger partial charge in [-0.3, -0.25) is 0 Å². The van der Waals surface area contributed by atoms with Gasteiger partial charge in [0.15, 0.2) is 11.5 Å². The number of tetrazole rings is 1. The molecule has 0 aliphatic carbocycles. The Balaban J connectivity index is 1.47. The van der Waals surface area contributed by atoms with Crippen molar-refractivity contribution in [1.29, 1.82) is 0 Å². The fraction of sp³-hybridized carbons (Fsp3) is 0.286. The van der Waals surface area contributed by atoms with Crippen LogP contribution in [0, 0.1) is 0 Å². The van der Waals surface area contributed by atoms with Gasteiger partial charge in [0, 0.05) is 18.0 Å². The number of aromatic nitrogens is 5. The van der Waals surface area contributed by atoms with Crippen molar-refractivity contribution < 1.29 is 4.74 Å². The Hall–Kier alpha value is -2.41. The van der Waals surface area contributed by atoms with Crippen molar-refractivity contribution in [2.75, 3.05) is 18.0 Å². The summed E-state index contributed by atoms with van der Waals surface area (Å²) in [5.74, 6) is 1.64. The molecule has 1 unspecified atom stereocenters. The number of rotatable bonds is 3. The Morgan fingerprint density at radius 1 is 1.23 bits per heavy atom. The lowest BCUT2D eigenvalue weighted by molar-refractivity contribution is 0.225. The van der Waals surface area contributed by atoms with Crippen LogP contribution in [0.5, 0.6) is 5.75 Å². The van der Waals surface area contributed by atoms with Crippen LogP contribution in [0.25, 0.3) is 5.65 Å². The van der Waals surface area contributed by atoms with E-state index in [9.17, 15) is 0 Å². The summed E-state index contributed by atoms with van der Waals surface area (Å²) < 4.78 is 7.41. The first kappa shape index (κ1) is 13.3. The lowest BCUT2D eigenvalue weighted by atomic mass is 10.3. The van der Waals surface area contributed by atoms with Crippen LogP contribution in [0.2, 0.25) is 5.02 Å². The zero-order chi connectivity index (χ0) is 14.9. The number of anilines is 1. The molecule has 0 bridgehead atoms. The van der Waals surface area contributed by atoms with Crippen LogP contribution in [0.4, 0.5) is 5.82 Å². The van der Waals surface area contributed by atoms with Crippen LogP contribution < -0.4 is 9.64 Å². The highest BCUT2D eigenvalue weighted by Crippen LogP contribution is 2.24. The van der Waals surface area contributed by atoms with Crippen LogP contribution in [-0.2, 0) is 0 Å². The largest absolute Gasteiger partial charge is 0.488 e. The maximum Gasteiger partial charge on any atom is 0.200 e. The zero-order valence-electron chi connectivity index (χ0n) is 11.6. The molecule has 0 spiro atoms. The second-order valence-corrected chi connectivity index (χ2v) is 5.59. The summed E-state index contributed by atoms with van der Waals surface area (Å²) >= 11 is 5.98. The molecule has 3 aromatic rings. The third-order valence-electron chi connectivity index (χ3n) is 3.62. The lowest BCUT2D eigenvalue weighted by Crippen LogP contribution is -2.25. The number of nitrogens with zero attached hydrogens (tertiary/aromatic N) is 6. The first-order valence-electron chi connectivity index (χ1n) is 7.00. The molecule has 22 heavy (non-hydrogen) atoms. The molecular weight excluding hydrogens is 304 g/mol. The van der Waals surface area contributed by atoms with Crippen LogP contribution in [0.3, 0.4) is 0 Å². The third-order valence-corrected chi connectivity index (χ3v) is 3.86. The molecule has 1 aliphatic rings. The van der Waals surface area contributed by atoms with Gasteiger partial charge < -0.3 is 9.64 Å². The second kappa shape index (κ2) is 5.42. The van der Waals surface area contributed by atoms with Gasteiger partial charge in [0.2, 0.25) is 0 Å². The molecule has 0 radical (unpaired) electrons. The van der Waals surface area contributed by atoms with E-state index in [1.807, 2.05) is 36.4 Å². The van der Waals surface area contributed by atoms with Gasteiger partial charge in [0.05, 0.1) is 6.54 Å². The average molecular weight is 317 g/mol. The van der Waals surface area contributed by atoms with E-state index in [2.05, 4.69) is 25.5 Å². The Morgan fingerprint density at radius 2 is 2.18 bits per heavy atom. The van der Waals surface area contributed by atoms with Gasteiger partial charge in [-0.05, 0) is 40.8 Å². The Morgan fingerprint density at radius 3 is 3.09 bits per heavy atom. The van der Waals surface area contributed by atoms with Crippen molar-refractivity contribution in [2.45, 2.75) is 12.5 Å².